The van der Waals surface area contributed by atoms with Gasteiger partial charge in [-0.05, 0) is 30.5 Å². The smallest absolute Gasteiger partial charge is 0.138 e. The number of ether oxygens (including phenoxy) is 2. The van der Waals surface area contributed by atoms with Gasteiger partial charge in [-0.2, -0.15) is 0 Å². The summed E-state index contributed by atoms with van der Waals surface area (Å²) in [5.74, 6) is 1.38. The second-order valence-electron chi connectivity index (χ2n) is 4.02. The molecule has 1 fully saturated rings. The van der Waals surface area contributed by atoms with E-state index < -0.39 is 0 Å². The molecule has 88 valence electrons. The van der Waals surface area contributed by atoms with Crippen LogP contribution in [0.3, 0.4) is 0 Å². The Kier molecular flexibility index (Phi) is 4.00. The summed E-state index contributed by atoms with van der Waals surface area (Å²) in [6.45, 7) is 3.07. The zero-order valence-corrected chi connectivity index (χ0v) is 11.0. The lowest BCUT2D eigenvalue weighted by Crippen LogP contribution is -1.98. The molecular weight excluding hydrogens is 244 g/mol. The van der Waals surface area contributed by atoms with Crippen molar-refractivity contribution in [3.05, 3.63) is 23.2 Å². The molecule has 1 unspecified atom stereocenters. The minimum Gasteiger partial charge on any atom is -0.495 e. The number of halogens is 1. The Labute approximate surface area is 105 Å². The van der Waals surface area contributed by atoms with Crippen LogP contribution < -0.4 is 4.74 Å². The van der Waals surface area contributed by atoms with Crippen molar-refractivity contribution in [1.29, 1.82) is 0 Å². The van der Waals surface area contributed by atoms with E-state index >= 15 is 0 Å². The summed E-state index contributed by atoms with van der Waals surface area (Å²) in [5, 5.41) is 0.646. The predicted octanol–water partition coefficient (Wildman–Crippen LogP) is 3.82. The maximum absolute atomic E-state index is 5.97. The summed E-state index contributed by atoms with van der Waals surface area (Å²) in [7, 11) is 1.63. The first-order valence-electron chi connectivity index (χ1n) is 5.31. The van der Waals surface area contributed by atoms with Crippen LogP contribution in [0, 0.1) is 5.92 Å². The third-order valence-corrected chi connectivity index (χ3v) is 3.98. The van der Waals surface area contributed by atoms with Crippen molar-refractivity contribution < 1.29 is 9.47 Å². The minimum atomic E-state index is 0.265. The summed E-state index contributed by atoms with van der Waals surface area (Å²) < 4.78 is 10.8. The molecule has 1 aromatic rings. The van der Waals surface area contributed by atoms with E-state index in [1.165, 1.54) is 0 Å². The van der Waals surface area contributed by atoms with Crippen LogP contribution in [0.5, 0.6) is 5.75 Å². The average molecular weight is 259 g/mol. The van der Waals surface area contributed by atoms with Gasteiger partial charge in [0.15, 0.2) is 0 Å². The van der Waals surface area contributed by atoms with E-state index in [1.54, 1.807) is 18.9 Å². The molecule has 0 aliphatic carbocycles. The van der Waals surface area contributed by atoms with Crippen LogP contribution in [0.15, 0.2) is 23.1 Å². The topological polar surface area (TPSA) is 18.5 Å². The van der Waals surface area contributed by atoms with Crippen molar-refractivity contribution in [1.82, 2.24) is 0 Å². The third kappa shape index (κ3) is 2.84. The Balaban J connectivity index is 2.04. The number of thioether (sulfide) groups is 1. The largest absolute Gasteiger partial charge is 0.495 e. The summed E-state index contributed by atoms with van der Waals surface area (Å²) in [6, 6.07) is 5.82. The van der Waals surface area contributed by atoms with E-state index in [-0.39, 0.29) is 5.44 Å². The molecule has 0 amide bonds. The predicted molar refractivity (Wildman–Crippen MR) is 67.4 cm³/mol. The first-order chi connectivity index (χ1) is 7.69. The molecule has 0 bridgehead atoms. The molecule has 0 N–H and O–H groups in total. The lowest BCUT2D eigenvalue weighted by atomic mass is 10.2. The lowest BCUT2D eigenvalue weighted by Gasteiger charge is -2.10. The fourth-order valence-electron chi connectivity index (χ4n) is 1.68. The zero-order valence-electron chi connectivity index (χ0n) is 9.40. The highest BCUT2D eigenvalue weighted by Crippen LogP contribution is 2.36. The molecule has 0 aromatic heterocycles. The van der Waals surface area contributed by atoms with Crippen LogP contribution in [0.2, 0.25) is 5.02 Å². The van der Waals surface area contributed by atoms with E-state index in [2.05, 4.69) is 6.92 Å². The van der Waals surface area contributed by atoms with E-state index in [9.17, 15) is 0 Å². The van der Waals surface area contributed by atoms with Crippen LogP contribution in [0.25, 0.3) is 0 Å². The van der Waals surface area contributed by atoms with E-state index in [0.29, 0.717) is 10.9 Å². The Hall–Kier alpha value is -0.380. The quantitative estimate of drug-likeness (QED) is 0.821. The zero-order chi connectivity index (χ0) is 11.5. The fraction of sp³-hybridized carbons (Fsp3) is 0.500. The van der Waals surface area contributed by atoms with Crippen molar-refractivity contribution in [2.45, 2.75) is 23.7 Å². The van der Waals surface area contributed by atoms with E-state index in [4.69, 9.17) is 21.1 Å². The van der Waals surface area contributed by atoms with Gasteiger partial charge in [-0.25, -0.2) is 0 Å². The van der Waals surface area contributed by atoms with E-state index in [1.807, 2.05) is 18.2 Å². The molecule has 1 saturated heterocycles. The standard InChI is InChI=1S/C12H15ClO2S/c1-8-5-12(15-7-8)16-9-3-4-10(13)11(6-9)14-2/h3-4,6,8,12H,5,7H2,1-2H3/t8-,12?/m1/s1. The van der Waals surface area contributed by atoms with Crippen LogP contribution in [0.4, 0.5) is 0 Å². The summed E-state index contributed by atoms with van der Waals surface area (Å²) in [4.78, 5) is 1.14. The van der Waals surface area contributed by atoms with Crippen LogP contribution in [-0.2, 0) is 4.74 Å². The Morgan fingerprint density at radius 2 is 2.31 bits per heavy atom. The van der Waals surface area contributed by atoms with Crippen molar-refractivity contribution in [3.8, 4) is 5.75 Å². The van der Waals surface area contributed by atoms with Gasteiger partial charge in [-0.1, -0.05) is 30.3 Å². The van der Waals surface area contributed by atoms with Gasteiger partial charge in [-0.3, -0.25) is 0 Å². The number of methoxy groups -OCH3 is 1. The van der Waals surface area contributed by atoms with Gasteiger partial charge in [-0.15, -0.1) is 0 Å². The molecule has 1 heterocycles. The van der Waals surface area contributed by atoms with E-state index in [0.717, 1.165) is 23.7 Å². The lowest BCUT2D eigenvalue weighted by molar-refractivity contribution is 0.166. The third-order valence-electron chi connectivity index (χ3n) is 2.55. The van der Waals surface area contributed by atoms with Crippen molar-refractivity contribution in [3.63, 3.8) is 0 Å². The van der Waals surface area contributed by atoms with Crippen molar-refractivity contribution >= 4 is 23.4 Å². The molecule has 0 radical (unpaired) electrons. The van der Waals surface area contributed by atoms with Crippen LogP contribution >= 0.6 is 23.4 Å². The van der Waals surface area contributed by atoms with Crippen LogP contribution in [-0.4, -0.2) is 19.2 Å². The molecule has 1 aliphatic heterocycles. The van der Waals surface area contributed by atoms with Gasteiger partial charge in [0.25, 0.3) is 0 Å². The number of hydrogen-bond acceptors (Lipinski definition) is 3. The van der Waals surface area contributed by atoms with Gasteiger partial charge in [0.05, 0.1) is 18.7 Å². The molecule has 1 aliphatic rings. The Bertz CT molecular complexity index is 370. The molecule has 0 saturated carbocycles. The molecule has 16 heavy (non-hydrogen) atoms. The molecule has 0 spiro atoms. The molecule has 4 heteroatoms. The highest BCUT2D eigenvalue weighted by molar-refractivity contribution is 7.99. The van der Waals surface area contributed by atoms with Gasteiger partial charge >= 0.3 is 0 Å². The maximum Gasteiger partial charge on any atom is 0.138 e. The second kappa shape index (κ2) is 5.30. The Morgan fingerprint density at radius 1 is 1.50 bits per heavy atom. The summed E-state index contributed by atoms with van der Waals surface area (Å²) in [6.07, 6.45) is 1.11. The first kappa shape index (κ1) is 12.1. The maximum atomic E-state index is 5.97. The monoisotopic (exact) mass is 258 g/mol. The highest BCUT2D eigenvalue weighted by atomic mass is 35.5. The summed E-state index contributed by atoms with van der Waals surface area (Å²) >= 11 is 7.70. The van der Waals surface area contributed by atoms with Crippen molar-refractivity contribution in [2.24, 2.45) is 5.92 Å². The highest BCUT2D eigenvalue weighted by Gasteiger charge is 2.23. The normalized spacial score (nSPS) is 24.7. The average Bonchev–Trinajstić information content (AvgIpc) is 2.67. The van der Waals surface area contributed by atoms with Gasteiger partial charge < -0.3 is 9.47 Å². The first-order valence-corrected chi connectivity index (χ1v) is 6.56. The second-order valence-corrected chi connectivity index (χ2v) is 5.66. The van der Waals surface area contributed by atoms with Gasteiger partial charge in [0.1, 0.15) is 11.2 Å². The van der Waals surface area contributed by atoms with Crippen molar-refractivity contribution in [2.75, 3.05) is 13.7 Å². The molecule has 1 aromatic carbocycles. The fourth-order valence-corrected chi connectivity index (χ4v) is 3.07. The number of benzene rings is 1. The van der Waals surface area contributed by atoms with Gasteiger partial charge in [0.2, 0.25) is 0 Å². The molecule has 2 nitrogen and oxygen atoms in total. The van der Waals surface area contributed by atoms with Gasteiger partial charge in [0, 0.05) is 4.90 Å². The molecule has 2 rings (SSSR count). The van der Waals surface area contributed by atoms with Crippen LogP contribution in [0.1, 0.15) is 13.3 Å². The minimum absolute atomic E-state index is 0.265. The Morgan fingerprint density at radius 3 is 2.94 bits per heavy atom. The number of rotatable bonds is 3. The number of hydrogen-bond donors (Lipinski definition) is 0. The molecule has 2 atom stereocenters. The SMILES string of the molecule is COc1cc(SC2C[C@@H](C)CO2)ccc1Cl. The molecular formula is C12H15ClO2S. The summed E-state index contributed by atoms with van der Waals surface area (Å²) in [5.41, 5.74) is 0.265.